The third-order valence-corrected chi connectivity index (χ3v) is 3.50. The zero-order chi connectivity index (χ0) is 15.0. The lowest BCUT2D eigenvalue weighted by atomic mass is 10.1. The molecule has 1 saturated carbocycles. The van der Waals surface area contributed by atoms with Crippen LogP contribution in [0.15, 0.2) is 12.1 Å². The van der Waals surface area contributed by atoms with Gasteiger partial charge in [-0.15, -0.1) is 0 Å². The van der Waals surface area contributed by atoms with Crippen molar-refractivity contribution in [2.24, 2.45) is 11.8 Å². The molecule has 1 aromatic carbocycles. The van der Waals surface area contributed by atoms with Crippen molar-refractivity contribution in [2.75, 3.05) is 5.32 Å². The summed E-state index contributed by atoms with van der Waals surface area (Å²) in [4.78, 5) is 32.6. The van der Waals surface area contributed by atoms with E-state index in [1.165, 1.54) is 12.1 Å². The van der Waals surface area contributed by atoms with E-state index in [4.69, 9.17) is 16.7 Å². The van der Waals surface area contributed by atoms with Crippen molar-refractivity contribution in [1.29, 1.82) is 0 Å². The summed E-state index contributed by atoms with van der Waals surface area (Å²) in [6.07, 6.45) is 0.306. The Morgan fingerprint density at radius 1 is 1.45 bits per heavy atom. The number of nitrogens with one attached hydrogen (secondary N) is 1. The lowest BCUT2D eigenvalue weighted by Crippen LogP contribution is -2.17. The summed E-state index contributed by atoms with van der Waals surface area (Å²) < 4.78 is 0. The van der Waals surface area contributed by atoms with E-state index in [1.54, 1.807) is 6.92 Å². The zero-order valence-electron chi connectivity index (χ0n) is 10.4. The van der Waals surface area contributed by atoms with Crippen LogP contribution >= 0.6 is 11.6 Å². The molecular formula is C12H11ClN2O5. The van der Waals surface area contributed by atoms with Gasteiger partial charge in [0.15, 0.2) is 0 Å². The van der Waals surface area contributed by atoms with E-state index < -0.39 is 28.6 Å². The zero-order valence-corrected chi connectivity index (χ0v) is 11.2. The molecule has 2 unspecified atom stereocenters. The van der Waals surface area contributed by atoms with Gasteiger partial charge in [0.2, 0.25) is 5.91 Å². The van der Waals surface area contributed by atoms with E-state index in [-0.39, 0.29) is 10.7 Å². The number of aryl methyl sites for hydroxylation is 1. The molecule has 0 heterocycles. The van der Waals surface area contributed by atoms with Gasteiger partial charge in [0, 0.05) is 11.8 Å². The first kappa shape index (κ1) is 14.3. The van der Waals surface area contributed by atoms with E-state index >= 15 is 0 Å². The maximum atomic E-state index is 11.8. The lowest BCUT2D eigenvalue weighted by molar-refractivity contribution is -0.384. The summed E-state index contributed by atoms with van der Waals surface area (Å²) in [5, 5.41) is 21.9. The topological polar surface area (TPSA) is 110 Å². The number of carbonyl (C=O) groups excluding carboxylic acids is 1. The number of rotatable bonds is 4. The van der Waals surface area contributed by atoms with Gasteiger partial charge in [0.05, 0.1) is 16.8 Å². The number of carboxylic acids is 1. The summed E-state index contributed by atoms with van der Waals surface area (Å²) in [6, 6.07) is 2.56. The number of hydrogen-bond acceptors (Lipinski definition) is 4. The Labute approximate surface area is 118 Å². The maximum Gasteiger partial charge on any atom is 0.307 e. The quantitative estimate of drug-likeness (QED) is 0.654. The monoisotopic (exact) mass is 298 g/mol. The fraction of sp³-hybridized carbons (Fsp3) is 0.333. The number of amides is 1. The second-order valence-corrected chi connectivity index (χ2v) is 5.06. The molecule has 2 N–H and O–H groups in total. The fourth-order valence-corrected chi connectivity index (χ4v) is 2.16. The molecule has 1 fully saturated rings. The molecule has 0 aliphatic heterocycles. The number of halogens is 1. The van der Waals surface area contributed by atoms with Gasteiger partial charge in [-0.1, -0.05) is 11.6 Å². The third kappa shape index (κ3) is 2.72. The minimum absolute atomic E-state index is 0.0820. The van der Waals surface area contributed by atoms with E-state index in [1.807, 2.05) is 0 Å². The van der Waals surface area contributed by atoms with E-state index in [2.05, 4.69) is 5.32 Å². The fourth-order valence-electron chi connectivity index (χ4n) is 1.92. The number of nitro benzene ring substituents is 1. The van der Waals surface area contributed by atoms with Crippen molar-refractivity contribution < 1.29 is 19.6 Å². The molecule has 8 heteroatoms. The van der Waals surface area contributed by atoms with E-state index in [0.29, 0.717) is 17.7 Å². The summed E-state index contributed by atoms with van der Waals surface area (Å²) >= 11 is 5.77. The van der Waals surface area contributed by atoms with Gasteiger partial charge >= 0.3 is 5.97 Å². The molecule has 0 spiro atoms. The number of aliphatic carboxylic acids is 1. The molecular weight excluding hydrogens is 288 g/mol. The van der Waals surface area contributed by atoms with Gasteiger partial charge in [-0.25, -0.2) is 0 Å². The smallest absolute Gasteiger partial charge is 0.307 e. The maximum absolute atomic E-state index is 11.8. The normalized spacial score (nSPS) is 20.3. The van der Waals surface area contributed by atoms with Gasteiger partial charge in [-0.3, -0.25) is 19.7 Å². The molecule has 1 amide bonds. The van der Waals surface area contributed by atoms with Crippen LogP contribution in [-0.4, -0.2) is 21.9 Å². The Bertz CT molecular complexity index is 616. The first-order chi connectivity index (χ1) is 9.31. The Morgan fingerprint density at radius 3 is 2.60 bits per heavy atom. The number of carboxylic acid groups (broad SMARTS) is 1. The van der Waals surface area contributed by atoms with Crippen LogP contribution in [0.25, 0.3) is 0 Å². The summed E-state index contributed by atoms with van der Waals surface area (Å²) in [5.74, 6) is -2.61. The Morgan fingerprint density at radius 2 is 2.10 bits per heavy atom. The van der Waals surface area contributed by atoms with Crippen LogP contribution in [0.2, 0.25) is 5.02 Å². The molecule has 1 aromatic rings. The van der Waals surface area contributed by atoms with Crippen molar-refractivity contribution in [1.82, 2.24) is 0 Å². The van der Waals surface area contributed by atoms with Crippen molar-refractivity contribution in [3.8, 4) is 0 Å². The molecule has 106 valence electrons. The molecule has 0 bridgehead atoms. The first-order valence-corrected chi connectivity index (χ1v) is 6.17. The van der Waals surface area contributed by atoms with Gasteiger partial charge in [0.25, 0.3) is 5.69 Å². The number of nitro groups is 1. The number of hydrogen-bond donors (Lipinski definition) is 2. The molecule has 7 nitrogen and oxygen atoms in total. The average molecular weight is 299 g/mol. The van der Waals surface area contributed by atoms with Gasteiger partial charge in [-0.05, 0) is 25.0 Å². The highest BCUT2D eigenvalue weighted by Gasteiger charge is 2.48. The van der Waals surface area contributed by atoms with Crippen LogP contribution in [-0.2, 0) is 9.59 Å². The third-order valence-electron chi connectivity index (χ3n) is 3.19. The summed E-state index contributed by atoms with van der Waals surface area (Å²) in [7, 11) is 0. The Hall–Kier alpha value is -2.15. The SMILES string of the molecule is Cc1cc([N+](=O)[O-])c(Cl)cc1NC(=O)C1CC1C(=O)O. The van der Waals surface area contributed by atoms with E-state index in [0.717, 1.165) is 0 Å². The predicted molar refractivity (Wildman–Crippen MR) is 70.7 cm³/mol. The first-order valence-electron chi connectivity index (χ1n) is 5.79. The van der Waals surface area contributed by atoms with Crippen LogP contribution < -0.4 is 5.32 Å². The second-order valence-electron chi connectivity index (χ2n) is 4.65. The molecule has 0 aromatic heterocycles. The molecule has 2 atom stereocenters. The lowest BCUT2D eigenvalue weighted by Gasteiger charge is -2.08. The van der Waals surface area contributed by atoms with Crippen LogP contribution in [0.5, 0.6) is 0 Å². The molecule has 0 radical (unpaired) electrons. The van der Waals surface area contributed by atoms with Crippen LogP contribution in [0, 0.1) is 28.9 Å². The number of carbonyl (C=O) groups is 2. The van der Waals surface area contributed by atoms with E-state index in [9.17, 15) is 19.7 Å². The Kier molecular flexibility index (Phi) is 3.63. The van der Waals surface area contributed by atoms with Crippen molar-refractivity contribution in [3.63, 3.8) is 0 Å². The summed E-state index contributed by atoms with van der Waals surface area (Å²) in [5.41, 5.74) is 0.598. The number of nitrogens with zero attached hydrogens (tertiary/aromatic N) is 1. The molecule has 20 heavy (non-hydrogen) atoms. The highest BCUT2D eigenvalue weighted by Crippen LogP contribution is 2.40. The predicted octanol–water partition coefficient (Wildman–Crippen LogP) is 2.22. The van der Waals surface area contributed by atoms with Gasteiger partial charge < -0.3 is 10.4 Å². The number of anilines is 1. The van der Waals surface area contributed by atoms with Gasteiger partial charge in [-0.2, -0.15) is 0 Å². The minimum Gasteiger partial charge on any atom is -0.481 e. The van der Waals surface area contributed by atoms with Crippen molar-refractivity contribution in [3.05, 3.63) is 32.8 Å². The minimum atomic E-state index is -0.997. The highest BCUT2D eigenvalue weighted by atomic mass is 35.5. The summed E-state index contributed by atoms with van der Waals surface area (Å²) in [6.45, 7) is 1.60. The van der Waals surface area contributed by atoms with Crippen LogP contribution in [0.3, 0.4) is 0 Å². The van der Waals surface area contributed by atoms with Crippen LogP contribution in [0.4, 0.5) is 11.4 Å². The van der Waals surface area contributed by atoms with Crippen molar-refractivity contribution >= 4 is 34.9 Å². The standard InChI is InChI=1S/C12H11ClN2O5/c1-5-2-10(15(19)20)8(13)4-9(5)14-11(16)6-3-7(6)12(17)18/h2,4,6-7H,3H2,1H3,(H,14,16)(H,17,18). The van der Waals surface area contributed by atoms with Crippen LogP contribution in [0.1, 0.15) is 12.0 Å². The Balaban J connectivity index is 2.15. The molecule has 2 rings (SSSR count). The molecule has 0 saturated heterocycles. The number of benzene rings is 1. The second kappa shape index (κ2) is 5.09. The largest absolute Gasteiger partial charge is 0.481 e. The molecule has 1 aliphatic rings. The average Bonchev–Trinajstić information content (AvgIpc) is 3.13. The highest BCUT2D eigenvalue weighted by molar-refractivity contribution is 6.33. The molecule has 1 aliphatic carbocycles. The van der Waals surface area contributed by atoms with Gasteiger partial charge in [0.1, 0.15) is 5.02 Å². The van der Waals surface area contributed by atoms with Crippen molar-refractivity contribution in [2.45, 2.75) is 13.3 Å².